The molecule has 7 nitrogen and oxygen atoms in total. The first-order chi connectivity index (χ1) is 10.4. The van der Waals surface area contributed by atoms with E-state index in [4.69, 9.17) is 0 Å². The van der Waals surface area contributed by atoms with Crippen molar-refractivity contribution in [3.8, 4) is 0 Å². The molecule has 1 aromatic carbocycles. The molecule has 120 valence electrons. The van der Waals surface area contributed by atoms with Crippen LogP contribution < -0.4 is 10.0 Å². The maximum absolute atomic E-state index is 11.7. The van der Waals surface area contributed by atoms with Gasteiger partial charge in [0.05, 0.1) is 24.0 Å². The average molecular weight is 324 g/mol. The number of aryl methyl sites for hydroxylation is 1. The lowest BCUT2D eigenvalue weighted by atomic mass is 10.2. The van der Waals surface area contributed by atoms with Gasteiger partial charge in [-0.05, 0) is 19.4 Å². The van der Waals surface area contributed by atoms with E-state index in [1.807, 2.05) is 35.1 Å². The van der Waals surface area contributed by atoms with Gasteiger partial charge in [0.15, 0.2) is 0 Å². The number of fused-ring (bicyclic) bond motifs is 1. The van der Waals surface area contributed by atoms with Crippen molar-refractivity contribution in [3.63, 3.8) is 0 Å². The number of benzene rings is 1. The minimum absolute atomic E-state index is 0.337. The Morgan fingerprint density at radius 3 is 2.82 bits per heavy atom. The van der Waals surface area contributed by atoms with E-state index in [9.17, 15) is 13.2 Å². The Labute approximate surface area is 129 Å². The van der Waals surface area contributed by atoms with E-state index in [0.29, 0.717) is 19.5 Å². The first kappa shape index (κ1) is 16.4. The zero-order valence-corrected chi connectivity index (χ0v) is 13.4. The lowest BCUT2D eigenvalue weighted by molar-refractivity contribution is -0.122. The molecule has 2 rings (SSSR count). The predicted molar refractivity (Wildman–Crippen MR) is 84.8 cm³/mol. The second kappa shape index (κ2) is 6.89. The molecule has 8 heteroatoms. The van der Waals surface area contributed by atoms with Gasteiger partial charge in [0, 0.05) is 18.5 Å². The standard InChI is InChI=1S/C14H20N4O3S/c1-11(17-22(2,20)21)14(19)15-8-5-9-18-13-7-4-3-6-12(13)10-16-18/h3-4,6-7,10-11,17H,5,8-9H2,1-2H3,(H,15,19). The van der Waals surface area contributed by atoms with Gasteiger partial charge >= 0.3 is 0 Å². The van der Waals surface area contributed by atoms with Crippen LogP contribution in [0, 0.1) is 0 Å². The van der Waals surface area contributed by atoms with Gasteiger partial charge in [-0.2, -0.15) is 5.10 Å². The molecule has 2 aromatic rings. The minimum Gasteiger partial charge on any atom is -0.355 e. The summed E-state index contributed by atoms with van der Waals surface area (Å²) in [6.45, 7) is 2.65. The summed E-state index contributed by atoms with van der Waals surface area (Å²) in [5.74, 6) is -0.337. The SMILES string of the molecule is CC(NS(C)(=O)=O)C(=O)NCCCn1ncc2ccccc21. The molecule has 0 fully saturated rings. The summed E-state index contributed by atoms with van der Waals surface area (Å²) in [7, 11) is -3.38. The zero-order valence-electron chi connectivity index (χ0n) is 12.6. The van der Waals surface area contributed by atoms with Gasteiger partial charge in [-0.15, -0.1) is 0 Å². The van der Waals surface area contributed by atoms with Crippen molar-refractivity contribution < 1.29 is 13.2 Å². The largest absolute Gasteiger partial charge is 0.355 e. The van der Waals surface area contributed by atoms with Gasteiger partial charge in [0.1, 0.15) is 0 Å². The lowest BCUT2D eigenvalue weighted by Crippen LogP contribution is -2.44. The van der Waals surface area contributed by atoms with Crippen LogP contribution in [0.4, 0.5) is 0 Å². The number of rotatable bonds is 7. The summed E-state index contributed by atoms with van der Waals surface area (Å²) < 4.78 is 26.2. The Hall–Kier alpha value is -1.93. The quantitative estimate of drug-likeness (QED) is 0.725. The van der Waals surface area contributed by atoms with Crippen LogP contribution in [0.3, 0.4) is 0 Å². The number of hydrogen-bond acceptors (Lipinski definition) is 4. The third kappa shape index (κ3) is 4.54. The molecule has 0 saturated carbocycles. The number of aromatic nitrogens is 2. The first-order valence-corrected chi connectivity index (χ1v) is 8.91. The number of sulfonamides is 1. The number of nitrogens with one attached hydrogen (secondary N) is 2. The van der Waals surface area contributed by atoms with Crippen LogP contribution in [0.5, 0.6) is 0 Å². The van der Waals surface area contributed by atoms with Crippen molar-refractivity contribution in [2.45, 2.75) is 25.9 Å². The lowest BCUT2D eigenvalue weighted by Gasteiger charge is -2.12. The molecular weight excluding hydrogens is 304 g/mol. The van der Waals surface area contributed by atoms with Crippen LogP contribution in [0.1, 0.15) is 13.3 Å². The molecule has 1 unspecified atom stereocenters. The molecular formula is C14H20N4O3S. The predicted octanol–water partition coefficient (Wildman–Crippen LogP) is 0.480. The highest BCUT2D eigenvalue weighted by Gasteiger charge is 2.16. The number of carbonyl (C=O) groups excluding carboxylic acids is 1. The van der Waals surface area contributed by atoms with Gasteiger partial charge in [-0.3, -0.25) is 9.48 Å². The van der Waals surface area contributed by atoms with Crippen molar-refractivity contribution in [1.82, 2.24) is 19.8 Å². The summed E-state index contributed by atoms with van der Waals surface area (Å²) in [4.78, 5) is 11.7. The molecule has 0 radical (unpaired) electrons. The van der Waals surface area contributed by atoms with Gasteiger partial charge in [-0.25, -0.2) is 13.1 Å². The molecule has 22 heavy (non-hydrogen) atoms. The van der Waals surface area contributed by atoms with Crippen LogP contribution >= 0.6 is 0 Å². The molecule has 0 spiro atoms. The van der Waals surface area contributed by atoms with Gasteiger partial charge in [0.2, 0.25) is 15.9 Å². The van der Waals surface area contributed by atoms with E-state index < -0.39 is 16.1 Å². The zero-order chi connectivity index (χ0) is 16.2. The fourth-order valence-corrected chi connectivity index (χ4v) is 2.92. The third-order valence-electron chi connectivity index (χ3n) is 3.18. The smallest absolute Gasteiger partial charge is 0.237 e. The molecule has 1 amide bonds. The molecule has 0 aliphatic heterocycles. The maximum atomic E-state index is 11.7. The Balaban J connectivity index is 1.78. The van der Waals surface area contributed by atoms with Gasteiger partial charge in [-0.1, -0.05) is 18.2 Å². The Kier molecular flexibility index (Phi) is 5.15. The number of amides is 1. The van der Waals surface area contributed by atoms with E-state index in [2.05, 4.69) is 15.1 Å². The molecule has 0 bridgehead atoms. The van der Waals surface area contributed by atoms with Gasteiger partial charge in [0.25, 0.3) is 0 Å². The third-order valence-corrected chi connectivity index (χ3v) is 3.96. The second-order valence-corrected chi connectivity index (χ2v) is 6.96. The number of para-hydroxylation sites is 1. The summed E-state index contributed by atoms with van der Waals surface area (Å²) in [6.07, 6.45) is 3.55. The minimum atomic E-state index is -3.38. The van der Waals surface area contributed by atoms with Gasteiger partial charge < -0.3 is 5.32 Å². The van der Waals surface area contributed by atoms with E-state index in [1.165, 1.54) is 6.92 Å². The summed E-state index contributed by atoms with van der Waals surface area (Å²) in [5.41, 5.74) is 1.06. The monoisotopic (exact) mass is 324 g/mol. The second-order valence-electron chi connectivity index (χ2n) is 5.18. The Morgan fingerprint density at radius 1 is 1.36 bits per heavy atom. The van der Waals surface area contributed by atoms with Crippen LogP contribution in [-0.4, -0.2) is 42.9 Å². The number of hydrogen-bond donors (Lipinski definition) is 2. The van der Waals surface area contributed by atoms with E-state index >= 15 is 0 Å². The fourth-order valence-electron chi connectivity index (χ4n) is 2.17. The summed E-state index contributed by atoms with van der Waals surface area (Å²) in [5, 5.41) is 8.10. The van der Waals surface area contributed by atoms with Crippen molar-refractivity contribution in [2.75, 3.05) is 12.8 Å². The van der Waals surface area contributed by atoms with Crippen LogP contribution in [0.2, 0.25) is 0 Å². The molecule has 1 aromatic heterocycles. The molecule has 0 aliphatic rings. The fraction of sp³-hybridized carbons (Fsp3) is 0.429. The normalized spacial score (nSPS) is 13.2. The summed E-state index contributed by atoms with van der Waals surface area (Å²) in [6, 6.07) is 7.14. The van der Waals surface area contributed by atoms with Crippen molar-refractivity contribution in [1.29, 1.82) is 0 Å². The highest BCUT2D eigenvalue weighted by atomic mass is 32.2. The molecule has 2 N–H and O–H groups in total. The molecule has 0 saturated heterocycles. The number of carbonyl (C=O) groups is 1. The topological polar surface area (TPSA) is 93.1 Å². The average Bonchev–Trinajstić information content (AvgIpc) is 2.85. The van der Waals surface area contributed by atoms with Crippen LogP contribution in [-0.2, 0) is 21.4 Å². The molecule has 1 heterocycles. The Bertz CT molecular complexity index is 754. The van der Waals surface area contributed by atoms with Crippen molar-refractivity contribution >= 4 is 26.8 Å². The van der Waals surface area contributed by atoms with E-state index in [1.54, 1.807) is 0 Å². The Morgan fingerprint density at radius 2 is 2.09 bits per heavy atom. The van der Waals surface area contributed by atoms with E-state index in [0.717, 1.165) is 17.2 Å². The van der Waals surface area contributed by atoms with Crippen molar-refractivity contribution in [2.24, 2.45) is 0 Å². The number of nitrogens with zero attached hydrogens (tertiary/aromatic N) is 2. The molecule has 0 aliphatic carbocycles. The first-order valence-electron chi connectivity index (χ1n) is 7.02. The molecule has 1 atom stereocenters. The highest BCUT2D eigenvalue weighted by Crippen LogP contribution is 2.12. The highest BCUT2D eigenvalue weighted by molar-refractivity contribution is 7.88. The van der Waals surface area contributed by atoms with Crippen LogP contribution in [0.15, 0.2) is 30.5 Å². The van der Waals surface area contributed by atoms with Crippen molar-refractivity contribution in [3.05, 3.63) is 30.5 Å². The maximum Gasteiger partial charge on any atom is 0.237 e. The van der Waals surface area contributed by atoms with Crippen LogP contribution in [0.25, 0.3) is 10.9 Å². The summed E-state index contributed by atoms with van der Waals surface area (Å²) >= 11 is 0. The van der Waals surface area contributed by atoms with E-state index in [-0.39, 0.29) is 5.91 Å².